The van der Waals surface area contributed by atoms with E-state index in [0.717, 1.165) is 22.7 Å². The fourth-order valence-electron chi connectivity index (χ4n) is 3.67. The zero-order valence-electron chi connectivity index (χ0n) is 17.3. The van der Waals surface area contributed by atoms with Crippen molar-refractivity contribution in [2.75, 3.05) is 7.05 Å². The summed E-state index contributed by atoms with van der Waals surface area (Å²) in [5.74, 6) is 0.660. The molecule has 0 unspecified atom stereocenters. The summed E-state index contributed by atoms with van der Waals surface area (Å²) in [6.45, 7) is 4.60. The molecular formula is C23H24N4O3. The normalized spacial score (nSPS) is 11.2. The van der Waals surface area contributed by atoms with Crippen molar-refractivity contribution in [3.8, 4) is 5.69 Å². The van der Waals surface area contributed by atoms with Crippen molar-refractivity contribution in [2.24, 2.45) is 0 Å². The quantitative estimate of drug-likeness (QED) is 0.493. The van der Waals surface area contributed by atoms with Crippen molar-refractivity contribution in [3.05, 3.63) is 82.4 Å². The third-order valence-electron chi connectivity index (χ3n) is 5.46. The van der Waals surface area contributed by atoms with Gasteiger partial charge in [0.25, 0.3) is 5.56 Å². The first-order valence-electron chi connectivity index (χ1n) is 9.86. The Labute approximate surface area is 174 Å². The van der Waals surface area contributed by atoms with Gasteiger partial charge in [0.05, 0.1) is 24.5 Å². The van der Waals surface area contributed by atoms with Gasteiger partial charge in [-0.15, -0.1) is 0 Å². The van der Waals surface area contributed by atoms with Crippen LogP contribution in [-0.2, 0) is 17.9 Å². The topological polar surface area (TPSA) is 73.3 Å². The maximum absolute atomic E-state index is 13.2. The number of fused-ring (bicyclic) bond motifs is 1. The fourth-order valence-corrected chi connectivity index (χ4v) is 3.67. The molecule has 1 amide bonds. The van der Waals surface area contributed by atoms with Gasteiger partial charge in [0.15, 0.2) is 5.65 Å². The zero-order chi connectivity index (χ0) is 21.3. The highest BCUT2D eigenvalue weighted by Crippen LogP contribution is 2.24. The number of furan rings is 1. The highest BCUT2D eigenvalue weighted by molar-refractivity contribution is 5.83. The number of hydrogen-bond acceptors (Lipinski definition) is 4. The van der Waals surface area contributed by atoms with Crippen molar-refractivity contribution in [1.82, 2.24) is 19.0 Å². The number of benzene rings is 1. The van der Waals surface area contributed by atoms with Gasteiger partial charge in [-0.3, -0.25) is 18.7 Å². The van der Waals surface area contributed by atoms with Gasteiger partial charge in [-0.1, -0.05) is 18.2 Å². The van der Waals surface area contributed by atoms with Crippen LogP contribution in [0.4, 0.5) is 0 Å². The molecule has 4 aromatic rings. The molecule has 0 aliphatic carbocycles. The number of carbonyl (C=O) groups is 1. The zero-order valence-corrected chi connectivity index (χ0v) is 17.3. The minimum atomic E-state index is -0.128. The molecule has 7 nitrogen and oxygen atoms in total. The lowest BCUT2D eigenvalue weighted by Crippen LogP contribution is -2.29. The van der Waals surface area contributed by atoms with Gasteiger partial charge < -0.3 is 9.32 Å². The standard InChI is InChI=1S/C23H24N4O3/c1-16-17(2)27(18-8-5-4-6-9-18)22-21(16)23(29)26(15-24-22)12-11-20(28)25(3)14-19-10-7-13-30-19/h4-10,13,15H,11-12,14H2,1-3H3. The van der Waals surface area contributed by atoms with Crippen LogP contribution >= 0.6 is 0 Å². The number of para-hydroxylation sites is 1. The molecule has 0 spiro atoms. The minimum absolute atomic E-state index is 0.0619. The molecule has 0 fully saturated rings. The van der Waals surface area contributed by atoms with Crippen molar-refractivity contribution in [1.29, 1.82) is 0 Å². The second-order valence-corrected chi connectivity index (χ2v) is 7.40. The van der Waals surface area contributed by atoms with Crippen LogP contribution in [0.1, 0.15) is 23.4 Å². The Morgan fingerprint density at radius 2 is 1.90 bits per heavy atom. The number of aryl methyl sites for hydroxylation is 2. The van der Waals surface area contributed by atoms with Crippen molar-refractivity contribution in [3.63, 3.8) is 0 Å². The van der Waals surface area contributed by atoms with Gasteiger partial charge >= 0.3 is 0 Å². The van der Waals surface area contributed by atoms with Crippen LogP contribution in [0.15, 0.2) is 64.3 Å². The molecule has 0 aliphatic rings. The second kappa shape index (κ2) is 8.02. The third-order valence-corrected chi connectivity index (χ3v) is 5.46. The summed E-state index contributed by atoms with van der Waals surface area (Å²) >= 11 is 0. The average Bonchev–Trinajstić information content (AvgIpc) is 3.34. The summed E-state index contributed by atoms with van der Waals surface area (Å²) in [6, 6.07) is 13.5. The Bertz CT molecular complexity index is 1240. The Balaban J connectivity index is 1.59. The van der Waals surface area contributed by atoms with Crippen LogP contribution in [0.3, 0.4) is 0 Å². The number of rotatable bonds is 6. The highest BCUT2D eigenvalue weighted by Gasteiger charge is 2.18. The lowest BCUT2D eigenvalue weighted by Gasteiger charge is -2.16. The van der Waals surface area contributed by atoms with Gasteiger partial charge in [0.2, 0.25) is 5.91 Å². The van der Waals surface area contributed by atoms with E-state index in [4.69, 9.17) is 4.42 Å². The first kappa shape index (κ1) is 19.7. The van der Waals surface area contributed by atoms with E-state index in [1.807, 2.05) is 54.8 Å². The molecule has 3 heterocycles. The third kappa shape index (κ3) is 3.54. The summed E-state index contributed by atoms with van der Waals surface area (Å²) < 4.78 is 8.80. The Morgan fingerprint density at radius 1 is 1.13 bits per heavy atom. The SMILES string of the molecule is Cc1c(C)n(-c2ccccc2)c2ncn(CCC(=O)N(C)Cc3ccco3)c(=O)c12. The van der Waals surface area contributed by atoms with Gasteiger partial charge in [-0.2, -0.15) is 0 Å². The first-order chi connectivity index (χ1) is 14.5. The molecule has 1 aromatic carbocycles. The molecule has 0 saturated heterocycles. The number of aromatic nitrogens is 3. The van der Waals surface area contributed by atoms with Gasteiger partial charge in [-0.25, -0.2) is 4.98 Å². The second-order valence-electron chi connectivity index (χ2n) is 7.40. The molecule has 30 heavy (non-hydrogen) atoms. The largest absolute Gasteiger partial charge is 0.467 e. The number of carbonyl (C=O) groups excluding carboxylic acids is 1. The number of nitrogens with zero attached hydrogens (tertiary/aromatic N) is 4. The summed E-state index contributed by atoms with van der Waals surface area (Å²) in [7, 11) is 1.72. The van der Waals surface area contributed by atoms with E-state index in [1.165, 1.54) is 10.9 Å². The molecule has 0 N–H and O–H groups in total. The molecule has 0 aliphatic heterocycles. The number of hydrogen-bond donors (Lipinski definition) is 0. The lowest BCUT2D eigenvalue weighted by molar-refractivity contribution is -0.130. The summed E-state index contributed by atoms with van der Waals surface area (Å²) in [5, 5.41) is 0.593. The van der Waals surface area contributed by atoms with Crippen LogP contribution in [0.25, 0.3) is 16.7 Å². The molecule has 3 aromatic heterocycles. The van der Waals surface area contributed by atoms with E-state index in [2.05, 4.69) is 4.98 Å². The summed E-state index contributed by atoms with van der Waals surface area (Å²) in [5.41, 5.74) is 3.36. The fraction of sp³-hybridized carbons (Fsp3) is 0.261. The van der Waals surface area contributed by atoms with Crippen molar-refractivity contribution in [2.45, 2.75) is 33.4 Å². The summed E-state index contributed by atoms with van der Waals surface area (Å²) in [4.78, 5) is 31.8. The van der Waals surface area contributed by atoms with Crippen LogP contribution in [-0.4, -0.2) is 32.0 Å². The lowest BCUT2D eigenvalue weighted by atomic mass is 10.2. The molecular weight excluding hydrogens is 380 g/mol. The molecule has 0 bridgehead atoms. The Hall–Kier alpha value is -3.61. The van der Waals surface area contributed by atoms with E-state index >= 15 is 0 Å². The van der Waals surface area contributed by atoms with E-state index in [0.29, 0.717) is 17.6 Å². The molecule has 4 rings (SSSR count). The predicted octanol–water partition coefficient (Wildman–Crippen LogP) is 3.45. The smallest absolute Gasteiger partial charge is 0.263 e. The highest BCUT2D eigenvalue weighted by atomic mass is 16.3. The van der Waals surface area contributed by atoms with E-state index in [-0.39, 0.29) is 24.4 Å². The molecule has 154 valence electrons. The van der Waals surface area contributed by atoms with E-state index in [1.54, 1.807) is 24.3 Å². The van der Waals surface area contributed by atoms with Crippen LogP contribution in [0.2, 0.25) is 0 Å². The van der Waals surface area contributed by atoms with Gasteiger partial charge in [0, 0.05) is 31.4 Å². The van der Waals surface area contributed by atoms with E-state index < -0.39 is 0 Å². The molecule has 0 saturated carbocycles. The predicted molar refractivity (Wildman–Crippen MR) is 115 cm³/mol. The summed E-state index contributed by atoms with van der Waals surface area (Å²) in [6.07, 6.45) is 3.32. The Morgan fingerprint density at radius 3 is 2.60 bits per heavy atom. The van der Waals surface area contributed by atoms with Crippen LogP contribution in [0.5, 0.6) is 0 Å². The average molecular weight is 404 g/mol. The maximum atomic E-state index is 13.2. The van der Waals surface area contributed by atoms with Crippen molar-refractivity contribution < 1.29 is 9.21 Å². The van der Waals surface area contributed by atoms with Crippen molar-refractivity contribution >= 4 is 16.9 Å². The first-order valence-corrected chi connectivity index (χ1v) is 9.86. The molecule has 0 atom stereocenters. The Kier molecular flexibility index (Phi) is 5.27. The van der Waals surface area contributed by atoms with E-state index in [9.17, 15) is 9.59 Å². The molecule has 7 heteroatoms. The maximum Gasteiger partial charge on any atom is 0.263 e. The van der Waals surface area contributed by atoms with Crippen LogP contribution < -0.4 is 5.56 Å². The van der Waals surface area contributed by atoms with Gasteiger partial charge in [0.1, 0.15) is 5.76 Å². The van der Waals surface area contributed by atoms with Crippen LogP contribution in [0, 0.1) is 13.8 Å². The number of amides is 1. The molecule has 0 radical (unpaired) electrons. The van der Waals surface area contributed by atoms with Gasteiger partial charge in [-0.05, 0) is 43.7 Å². The monoisotopic (exact) mass is 404 g/mol. The minimum Gasteiger partial charge on any atom is -0.467 e.